The Morgan fingerprint density at radius 3 is 2.68 bits per heavy atom. The molecule has 7 heteroatoms. The van der Waals surface area contributed by atoms with Crippen LogP contribution in [0.25, 0.3) is 0 Å². The second-order valence-corrected chi connectivity index (χ2v) is 9.53. The molecule has 31 heavy (non-hydrogen) atoms. The summed E-state index contributed by atoms with van der Waals surface area (Å²) in [6.45, 7) is 4.11. The van der Waals surface area contributed by atoms with Crippen LogP contribution in [0, 0.1) is 5.92 Å². The molecule has 5 rings (SSSR count). The van der Waals surface area contributed by atoms with Crippen molar-refractivity contribution in [1.29, 1.82) is 0 Å². The van der Waals surface area contributed by atoms with Gasteiger partial charge in [0.15, 0.2) is 0 Å². The van der Waals surface area contributed by atoms with Crippen LogP contribution in [0.4, 0.5) is 0 Å². The molecule has 0 amide bonds. The second-order valence-electron chi connectivity index (χ2n) is 9.53. The molecule has 1 aromatic carbocycles. The van der Waals surface area contributed by atoms with Crippen LogP contribution < -0.4 is 5.32 Å². The molecular weight excluding hydrogens is 390 g/mol. The van der Waals surface area contributed by atoms with Gasteiger partial charge in [0.25, 0.3) is 0 Å². The SMILES string of the molecule is CN(Cc1ccccc1)Cc1cn([C@H]2CO[C@H]3[C@@H]2OC[C@@H]3NCC2CCCCC2)nn1. The van der Waals surface area contributed by atoms with E-state index in [9.17, 15) is 0 Å². The van der Waals surface area contributed by atoms with Crippen LogP contribution in [0.15, 0.2) is 36.5 Å². The molecule has 1 N–H and O–H groups in total. The van der Waals surface area contributed by atoms with Crippen LogP contribution in [-0.4, -0.2) is 64.9 Å². The number of rotatable bonds is 8. The van der Waals surface area contributed by atoms with Crippen LogP contribution in [0.5, 0.6) is 0 Å². The average Bonchev–Trinajstić information content (AvgIpc) is 3.51. The number of hydrogen-bond donors (Lipinski definition) is 1. The van der Waals surface area contributed by atoms with Gasteiger partial charge in [0.2, 0.25) is 0 Å². The van der Waals surface area contributed by atoms with Crippen molar-refractivity contribution in [2.75, 3.05) is 26.8 Å². The lowest BCUT2D eigenvalue weighted by Gasteiger charge is -2.25. The van der Waals surface area contributed by atoms with Gasteiger partial charge in [0.05, 0.1) is 31.1 Å². The van der Waals surface area contributed by atoms with E-state index in [1.54, 1.807) is 0 Å². The van der Waals surface area contributed by atoms with Crippen molar-refractivity contribution in [1.82, 2.24) is 25.2 Å². The molecule has 168 valence electrons. The minimum Gasteiger partial charge on any atom is -0.371 e. The molecule has 2 aromatic rings. The molecule has 0 spiro atoms. The molecule has 3 heterocycles. The molecule has 1 aromatic heterocycles. The first-order valence-corrected chi connectivity index (χ1v) is 11.9. The largest absolute Gasteiger partial charge is 0.371 e. The minimum absolute atomic E-state index is 0.0560. The predicted octanol–water partition coefficient (Wildman–Crippen LogP) is 2.79. The van der Waals surface area contributed by atoms with Gasteiger partial charge in [-0.15, -0.1) is 5.10 Å². The minimum atomic E-state index is 0.0560. The Bertz CT molecular complexity index is 822. The van der Waals surface area contributed by atoms with E-state index in [2.05, 4.69) is 58.0 Å². The van der Waals surface area contributed by atoms with Crippen molar-refractivity contribution in [3.05, 3.63) is 47.8 Å². The third-order valence-electron chi connectivity index (χ3n) is 7.05. The Kier molecular flexibility index (Phi) is 6.64. The summed E-state index contributed by atoms with van der Waals surface area (Å²) in [6.07, 6.45) is 9.12. The third kappa shape index (κ3) is 5.00. The number of nitrogens with zero attached hydrogens (tertiary/aromatic N) is 4. The van der Waals surface area contributed by atoms with E-state index >= 15 is 0 Å². The fraction of sp³-hybridized carbons (Fsp3) is 0.667. The number of hydrogen-bond acceptors (Lipinski definition) is 6. The van der Waals surface area contributed by atoms with Gasteiger partial charge in [0.1, 0.15) is 18.2 Å². The van der Waals surface area contributed by atoms with Crippen LogP contribution in [0.2, 0.25) is 0 Å². The second kappa shape index (κ2) is 9.77. The number of fused-ring (bicyclic) bond motifs is 1. The third-order valence-corrected chi connectivity index (χ3v) is 7.05. The highest BCUT2D eigenvalue weighted by Gasteiger charge is 2.48. The maximum absolute atomic E-state index is 6.18. The highest BCUT2D eigenvalue weighted by atomic mass is 16.6. The first kappa shape index (κ1) is 21.1. The highest BCUT2D eigenvalue weighted by Crippen LogP contribution is 2.34. The lowest BCUT2D eigenvalue weighted by molar-refractivity contribution is 0.0618. The van der Waals surface area contributed by atoms with Gasteiger partial charge in [-0.3, -0.25) is 4.90 Å². The topological polar surface area (TPSA) is 64.4 Å². The van der Waals surface area contributed by atoms with Crippen molar-refractivity contribution in [2.45, 2.75) is 69.5 Å². The monoisotopic (exact) mass is 425 g/mol. The first-order chi connectivity index (χ1) is 15.3. The zero-order valence-electron chi connectivity index (χ0n) is 18.5. The van der Waals surface area contributed by atoms with Crippen LogP contribution >= 0.6 is 0 Å². The van der Waals surface area contributed by atoms with Gasteiger partial charge >= 0.3 is 0 Å². The van der Waals surface area contributed by atoms with Crippen molar-refractivity contribution in [2.24, 2.45) is 5.92 Å². The van der Waals surface area contributed by atoms with Gasteiger partial charge in [-0.1, -0.05) is 54.8 Å². The smallest absolute Gasteiger partial charge is 0.110 e. The summed E-state index contributed by atoms with van der Waals surface area (Å²) >= 11 is 0. The zero-order chi connectivity index (χ0) is 21.0. The van der Waals surface area contributed by atoms with Gasteiger partial charge in [-0.2, -0.15) is 0 Å². The van der Waals surface area contributed by atoms with E-state index in [-0.39, 0.29) is 24.3 Å². The Hall–Kier alpha value is -1.80. The summed E-state index contributed by atoms with van der Waals surface area (Å²) in [4.78, 5) is 2.26. The maximum Gasteiger partial charge on any atom is 0.110 e. The van der Waals surface area contributed by atoms with Gasteiger partial charge in [0, 0.05) is 13.1 Å². The number of benzene rings is 1. The number of ether oxygens (including phenoxy) is 2. The predicted molar refractivity (Wildman–Crippen MR) is 119 cm³/mol. The molecule has 2 aliphatic heterocycles. The summed E-state index contributed by atoms with van der Waals surface area (Å²) in [7, 11) is 2.11. The van der Waals surface area contributed by atoms with Crippen LogP contribution in [0.3, 0.4) is 0 Å². The molecule has 0 radical (unpaired) electrons. The number of aromatic nitrogens is 3. The molecular formula is C24H35N5O2. The Morgan fingerprint density at radius 2 is 1.84 bits per heavy atom. The van der Waals surface area contributed by atoms with E-state index in [1.807, 2.05) is 10.7 Å². The fourth-order valence-electron chi connectivity index (χ4n) is 5.37. The first-order valence-electron chi connectivity index (χ1n) is 11.9. The molecule has 4 atom stereocenters. The van der Waals surface area contributed by atoms with E-state index in [0.717, 1.165) is 37.9 Å². The molecule has 7 nitrogen and oxygen atoms in total. The van der Waals surface area contributed by atoms with E-state index in [0.29, 0.717) is 6.61 Å². The molecule has 1 saturated carbocycles. The molecule has 0 unspecified atom stereocenters. The quantitative estimate of drug-likeness (QED) is 0.702. The molecule has 3 fully saturated rings. The van der Waals surface area contributed by atoms with Gasteiger partial charge in [-0.25, -0.2) is 4.68 Å². The van der Waals surface area contributed by atoms with Crippen molar-refractivity contribution >= 4 is 0 Å². The Labute approximate surface area is 185 Å². The Balaban J connectivity index is 1.13. The normalized spacial score (nSPS) is 29.0. The zero-order valence-corrected chi connectivity index (χ0v) is 18.5. The highest BCUT2D eigenvalue weighted by molar-refractivity contribution is 5.14. The summed E-state index contributed by atoms with van der Waals surface area (Å²) in [5.41, 5.74) is 2.28. The fourth-order valence-corrected chi connectivity index (χ4v) is 5.37. The summed E-state index contributed by atoms with van der Waals surface area (Å²) in [5, 5.41) is 12.6. The average molecular weight is 426 g/mol. The summed E-state index contributed by atoms with van der Waals surface area (Å²) in [6, 6.07) is 10.9. The lowest BCUT2D eigenvalue weighted by Crippen LogP contribution is -2.43. The van der Waals surface area contributed by atoms with Crippen LogP contribution in [-0.2, 0) is 22.6 Å². The van der Waals surface area contributed by atoms with Crippen molar-refractivity contribution < 1.29 is 9.47 Å². The molecule has 2 saturated heterocycles. The lowest BCUT2D eigenvalue weighted by atomic mass is 9.89. The number of nitrogens with one attached hydrogen (secondary N) is 1. The van der Waals surface area contributed by atoms with E-state index in [1.165, 1.54) is 37.7 Å². The summed E-state index contributed by atoms with van der Waals surface area (Å²) < 4.78 is 14.3. The van der Waals surface area contributed by atoms with Crippen molar-refractivity contribution in [3.8, 4) is 0 Å². The Morgan fingerprint density at radius 1 is 1.03 bits per heavy atom. The van der Waals surface area contributed by atoms with Gasteiger partial charge < -0.3 is 14.8 Å². The van der Waals surface area contributed by atoms with Crippen LogP contribution in [0.1, 0.15) is 49.4 Å². The summed E-state index contributed by atoms with van der Waals surface area (Å²) in [5.74, 6) is 0.816. The standard InChI is InChI=1S/C24H35N5O2/c1-28(13-19-10-6-3-7-11-19)14-20-15-29(27-26-20)22-17-31-23-21(16-30-24(22)23)25-12-18-8-4-2-5-9-18/h3,6-7,10-11,15,18,21-25H,2,4-5,8-9,12-14,16-17H2,1H3/t21-,22-,23+,24+/m0/s1. The molecule has 0 bridgehead atoms. The molecule has 3 aliphatic rings. The molecule has 1 aliphatic carbocycles. The van der Waals surface area contributed by atoms with Gasteiger partial charge in [-0.05, 0) is 37.9 Å². The van der Waals surface area contributed by atoms with E-state index in [4.69, 9.17) is 9.47 Å². The maximum atomic E-state index is 6.18. The van der Waals surface area contributed by atoms with E-state index < -0.39 is 0 Å². The van der Waals surface area contributed by atoms with Crippen molar-refractivity contribution in [3.63, 3.8) is 0 Å².